The Morgan fingerprint density at radius 2 is 2.22 bits per heavy atom. The van der Waals surface area contributed by atoms with Crippen LogP contribution in [0.2, 0.25) is 0 Å². The molecule has 3 aliphatic heterocycles. The number of halogens is 1. The van der Waals surface area contributed by atoms with Gasteiger partial charge in [-0.15, -0.1) is 11.8 Å². The molecule has 0 unspecified atom stereocenters. The maximum Gasteiger partial charge on any atom is 0.352 e. The molecular formula is C19H20FN10O5S2+. The largest absolute Gasteiger partial charge is 0.477 e. The highest BCUT2D eigenvalue weighted by Gasteiger charge is 2.54. The van der Waals surface area contributed by atoms with Gasteiger partial charge in [-0.25, -0.2) is 18.8 Å². The molecule has 194 valence electrons. The third-order valence-corrected chi connectivity index (χ3v) is 7.60. The molecule has 5 heterocycles. The second kappa shape index (κ2) is 9.79. The zero-order valence-electron chi connectivity index (χ0n) is 18.8. The van der Waals surface area contributed by atoms with Crippen LogP contribution in [0.1, 0.15) is 0 Å². The quantitative estimate of drug-likeness (QED) is 0.0691. The fraction of sp³-hybridized carbons (Fsp3) is 0.263. The summed E-state index contributed by atoms with van der Waals surface area (Å²) in [4.78, 5) is 46.3. The van der Waals surface area contributed by atoms with Crippen molar-refractivity contribution in [2.24, 2.45) is 10.9 Å². The molecular weight excluding hydrogens is 531 g/mol. The van der Waals surface area contributed by atoms with Crippen molar-refractivity contribution in [3.05, 3.63) is 47.0 Å². The van der Waals surface area contributed by atoms with Gasteiger partial charge in [-0.2, -0.15) is 4.83 Å². The topological polar surface area (TPSA) is 197 Å². The average Bonchev–Trinajstić information content (AvgIpc) is 3.54. The van der Waals surface area contributed by atoms with Gasteiger partial charge in [0.1, 0.15) is 28.7 Å². The van der Waals surface area contributed by atoms with Gasteiger partial charge in [0.25, 0.3) is 24.5 Å². The second-order valence-electron chi connectivity index (χ2n) is 7.84. The molecule has 1 fully saturated rings. The molecule has 2 aromatic rings. The molecule has 1 saturated heterocycles. The van der Waals surface area contributed by atoms with Gasteiger partial charge < -0.3 is 26.7 Å². The van der Waals surface area contributed by atoms with E-state index < -0.39 is 41.9 Å². The Labute approximate surface area is 216 Å². The number of carboxylic acids is 1. The molecule has 15 nitrogen and oxygen atoms in total. The first kappa shape index (κ1) is 24.7. The number of hydrogen-bond acceptors (Lipinski definition) is 11. The summed E-state index contributed by atoms with van der Waals surface area (Å²) in [5.41, 5.74) is 12.6. The van der Waals surface area contributed by atoms with Crippen LogP contribution in [0.4, 0.5) is 10.2 Å². The minimum atomic E-state index is -1.28. The first-order valence-electron chi connectivity index (χ1n) is 10.6. The van der Waals surface area contributed by atoms with Crippen molar-refractivity contribution in [3.8, 4) is 0 Å². The van der Waals surface area contributed by atoms with Crippen LogP contribution in [-0.4, -0.2) is 72.3 Å². The number of aliphatic carboxylic acids is 1. The van der Waals surface area contributed by atoms with Gasteiger partial charge in [0, 0.05) is 17.4 Å². The van der Waals surface area contributed by atoms with E-state index in [1.54, 1.807) is 29.1 Å². The van der Waals surface area contributed by atoms with E-state index in [1.807, 2.05) is 0 Å². The Kier molecular flexibility index (Phi) is 6.52. The first-order chi connectivity index (χ1) is 17.8. The van der Waals surface area contributed by atoms with E-state index in [1.165, 1.54) is 22.5 Å². The molecule has 7 N–H and O–H groups in total. The van der Waals surface area contributed by atoms with Gasteiger partial charge in [0.05, 0.1) is 24.7 Å². The summed E-state index contributed by atoms with van der Waals surface area (Å²) in [6.07, 6.45) is 4.62. The number of nitrogens with two attached hydrogens (primary N) is 2. The van der Waals surface area contributed by atoms with E-state index in [-0.39, 0.29) is 18.0 Å². The van der Waals surface area contributed by atoms with Crippen LogP contribution in [0.25, 0.3) is 5.65 Å². The zero-order chi connectivity index (χ0) is 26.3. The van der Waals surface area contributed by atoms with Crippen LogP contribution in [-0.2, 0) is 25.8 Å². The molecule has 18 heteroatoms. The normalized spacial score (nSPS) is 21.6. The number of nitrogens with zero attached hydrogens (tertiary/aromatic N) is 6. The lowest BCUT2D eigenvalue weighted by atomic mass is 10.0. The molecule has 37 heavy (non-hydrogen) atoms. The monoisotopic (exact) mass is 551 g/mol. The third kappa shape index (κ3) is 4.38. The number of carbonyl (C=O) groups excluding carboxylic acids is 2. The van der Waals surface area contributed by atoms with Gasteiger partial charge in [-0.05, 0) is 11.9 Å². The summed E-state index contributed by atoms with van der Waals surface area (Å²) < 4.78 is 15.8. The van der Waals surface area contributed by atoms with Crippen molar-refractivity contribution >= 4 is 58.8 Å². The van der Waals surface area contributed by atoms with Crippen molar-refractivity contribution in [1.82, 2.24) is 29.7 Å². The number of amides is 2. The number of carbonyl (C=O) groups is 3. The number of rotatable bonds is 6. The Bertz CT molecular complexity index is 1390. The molecule has 2 atom stereocenters. The molecule has 0 aliphatic carbocycles. The number of nitrogens with one attached hydrogen (secondary N) is 2. The van der Waals surface area contributed by atoms with Crippen molar-refractivity contribution in [1.29, 1.82) is 0 Å². The fourth-order valence-corrected chi connectivity index (χ4v) is 5.88. The van der Waals surface area contributed by atoms with Gasteiger partial charge in [0.15, 0.2) is 0 Å². The van der Waals surface area contributed by atoms with Crippen molar-refractivity contribution in [2.45, 2.75) is 18.0 Å². The van der Waals surface area contributed by atoms with Crippen LogP contribution < -0.4 is 26.2 Å². The number of fused-ring (bicyclic) bond motifs is 2. The molecule has 0 radical (unpaired) electrons. The Hall–Kier alpha value is -4.03. The average molecular weight is 552 g/mol. The molecule has 2 amide bonds. The predicted molar refractivity (Wildman–Crippen MR) is 129 cm³/mol. The van der Waals surface area contributed by atoms with Crippen LogP contribution in [0, 0.1) is 0 Å². The van der Waals surface area contributed by atoms with Crippen molar-refractivity contribution in [2.75, 3.05) is 18.3 Å². The fourth-order valence-electron chi connectivity index (χ4n) is 4.04. The molecule has 3 aliphatic rings. The minimum absolute atomic E-state index is 0.149. The summed E-state index contributed by atoms with van der Waals surface area (Å²) in [6, 6.07) is 2.34. The highest BCUT2D eigenvalue weighted by atomic mass is 32.2. The smallest absolute Gasteiger partial charge is 0.352 e. The summed E-state index contributed by atoms with van der Waals surface area (Å²) in [5.74, 6) is -2.41. The Morgan fingerprint density at radius 1 is 1.41 bits per heavy atom. The summed E-state index contributed by atoms with van der Waals surface area (Å²) in [5, 5.41) is 20.9. The van der Waals surface area contributed by atoms with E-state index in [9.17, 15) is 23.9 Å². The maximum atomic E-state index is 13.0. The lowest BCUT2D eigenvalue weighted by molar-refractivity contribution is -0.666. The molecule has 0 bridgehead atoms. The molecule has 0 saturated carbocycles. The predicted octanol–water partition coefficient (Wildman–Crippen LogP) is -1.57. The van der Waals surface area contributed by atoms with Crippen LogP contribution in [0.3, 0.4) is 0 Å². The number of aromatic nitrogens is 3. The number of thioether (sulfide) groups is 1. The van der Waals surface area contributed by atoms with Crippen molar-refractivity contribution in [3.63, 3.8) is 0 Å². The number of nitrogen functional groups attached to an aromatic ring is 1. The number of hydrogen-bond donors (Lipinski definition) is 5. The number of hydrazine groups is 1. The molecule has 0 spiro atoms. The van der Waals surface area contributed by atoms with E-state index >= 15 is 0 Å². The SMILES string of the molecule is NC1=CN(C(=NOCF)C(=O)N[C@@H]2C(=O)N3C(C(=O)O)=C(C[n+]4ccc(N)n5nccc54)CS[C@@H]23)NS1. The van der Waals surface area contributed by atoms with E-state index in [0.29, 0.717) is 22.1 Å². The van der Waals surface area contributed by atoms with Crippen LogP contribution in [0.5, 0.6) is 0 Å². The number of carboxylic acid groups (broad SMARTS) is 1. The number of anilines is 1. The van der Waals surface area contributed by atoms with Gasteiger partial charge in [-0.1, -0.05) is 14.8 Å². The minimum Gasteiger partial charge on any atom is -0.477 e. The summed E-state index contributed by atoms with van der Waals surface area (Å²) in [6.45, 7) is -1.10. The molecule has 0 aromatic carbocycles. The van der Waals surface area contributed by atoms with E-state index in [4.69, 9.17) is 11.5 Å². The van der Waals surface area contributed by atoms with Crippen molar-refractivity contribution < 1.29 is 33.3 Å². The van der Waals surface area contributed by atoms with Gasteiger partial charge >= 0.3 is 11.6 Å². The van der Waals surface area contributed by atoms with E-state index in [0.717, 1.165) is 21.9 Å². The summed E-state index contributed by atoms with van der Waals surface area (Å²) >= 11 is 2.29. The van der Waals surface area contributed by atoms with E-state index in [2.05, 4.69) is 25.2 Å². The first-order valence-corrected chi connectivity index (χ1v) is 12.4. The third-order valence-electron chi connectivity index (χ3n) is 5.63. The van der Waals surface area contributed by atoms with Crippen LogP contribution in [0.15, 0.2) is 52.2 Å². The highest BCUT2D eigenvalue weighted by Crippen LogP contribution is 2.40. The Balaban J connectivity index is 1.36. The lowest BCUT2D eigenvalue weighted by Gasteiger charge is -2.49. The number of β-lactam (4-membered cyclic amide) rings is 1. The number of oxime groups is 1. The summed E-state index contributed by atoms with van der Waals surface area (Å²) in [7, 11) is 0. The maximum absolute atomic E-state index is 13.0. The number of alkyl halides is 1. The van der Waals surface area contributed by atoms with Crippen LogP contribution >= 0.6 is 23.7 Å². The lowest BCUT2D eigenvalue weighted by Crippen LogP contribution is -2.71. The highest BCUT2D eigenvalue weighted by molar-refractivity contribution is 8.01. The standard InChI is InChI=1S/C19H19FN10O5S2/c20-8-35-25-15(28-6-11(22)37-26-28)16(31)24-13-17(32)29-14(19(33)34)9(7-36-18(13)29)5-27-4-2-10(21)30-12(27)1-3-23-30/h1-4,6,13,18,21,26H,5,7-8,22H2,(H2,24,31,33,34)/p+1/t13-,18+/m1/s1. The molecule has 2 aromatic heterocycles. The molecule has 5 rings (SSSR count). The van der Waals surface area contributed by atoms with Gasteiger partial charge in [-0.3, -0.25) is 14.5 Å². The van der Waals surface area contributed by atoms with Gasteiger partial charge in [0.2, 0.25) is 5.82 Å². The Morgan fingerprint density at radius 3 is 2.92 bits per heavy atom. The number of amidine groups is 1. The second-order valence-corrected chi connectivity index (χ2v) is 9.80. The zero-order valence-corrected chi connectivity index (χ0v) is 20.4.